The monoisotopic (exact) mass is 326 g/mol. The number of aliphatic hydroxyl groups is 1. The SMILES string of the molecule is CCC(O)(c1cccc(F)c1)c1cc(Br)ccc1F. The molecule has 0 fully saturated rings. The molecule has 1 unspecified atom stereocenters. The van der Waals surface area contributed by atoms with Crippen LogP contribution < -0.4 is 0 Å². The highest BCUT2D eigenvalue weighted by atomic mass is 79.9. The van der Waals surface area contributed by atoms with Gasteiger partial charge in [-0.15, -0.1) is 0 Å². The molecule has 19 heavy (non-hydrogen) atoms. The molecule has 0 bridgehead atoms. The molecule has 0 amide bonds. The molecular formula is C15H13BrF2O. The van der Waals surface area contributed by atoms with E-state index in [1.807, 2.05) is 0 Å². The molecule has 2 aromatic carbocycles. The van der Waals surface area contributed by atoms with Crippen molar-refractivity contribution in [3.63, 3.8) is 0 Å². The largest absolute Gasteiger partial charge is 0.380 e. The van der Waals surface area contributed by atoms with Crippen LogP contribution in [0.15, 0.2) is 46.9 Å². The molecule has 0 saturated heterocycles. The summed E-state index contributed by atoms with van der Waals surface area (Å²) in [6.45, 7) is 1.73. The van der Waals surface area contributed by atoms with Crippen molar-refractivity contribution in [1.29, 1.82) is 0 Å². The van der Waals surface area contributed by atoms with Crippen molar-refractivity contribution in [2.45, 2.75) is 18.9 Å². The van der Waals surface area contributed by atoms with Gasteiger partial charge in [0.25, 0.3) is 0 Å². The van der Waals surface area contributed by atoms with E-state index >= 15 is 0 Å². The molecule has 0 heterocycles. The fraction of sp³-hybridized carbons (Fsp3) is 0.200. The van der Waals surface area contributed by atoms with E-state index in [2.05, 4.69) is 15.9 Å². The number of halogens is 3. The van der Waals surface area contributed by atoms with Crippen LogP contribution in [-0.2, 0) is 5.60 Å². The van der Waals surface area contributed by atoms with Crippen molar-refractivity contribution in [1.82, 2.24) is 0 Å². The van der Waals surface area contributed by atoms with Gasteiger partial charge in [0, 0.05) is 10.0 Å². The lowest BCUT2D eigenvalue weighted by molar-refractivity contribution is 0.0721. The van der Waals surface area contributed by atoms with E-state index < -0.39 is 17.2 Å². The topological polar surface area (TPSA) is 20.2 Å². The molecule has 4 heteroatoms. The molecule has 2 rings (SSSR count). The Morgan fingerprint density at radius 3 is 2.53 bits per heavy atom. The Balaban J connectivity index is 2.62. The number of hydrogen-bond acceptors (Lipinski definition) is 1. The van der Waals surface area contributed by atoms with Crippen molar-refractivity contribution in [2.24, 2.45) is 0 Å². The zero-order chi connectivity index (χ0) is 14.0. The maximum atomic E-state index is 14.0. The van der Waals surface area contributed by atoms with Crippen LogP contribution in [0.4, 0.5) is 8.78 Å². The molecule has 1 N–H and O–H groups in total. The maximum absolute atomic E-state index is 14.0. The van der Waals surface area contributed by atoms with Gasteiger partial charge in [-0.25, -0.2) is 8.78 Å². The number of hydrogen-bond donors (Lipinski definition) is 1. The van der Waals surface area contributed by atoms with E-state index in [0.717, 1.165) is 0 Å². The van der Waals surface area contributed by atoms with E-state index in [0.29, 0.717) is 10.0 Å². The molecule has 1 nitrogen and oxygen atoms in total. The highest BCUT2D eigenvalue weighted by Crippen LogP contribution is 2.35. The molecule has 0 aliphatic carbocycles. The van der Waals surface area contributed by atoms with Crippen molar-refractivity contribution < 1.29 is 13.9 Å². The smallest absolute Gasteiger partial charge is 0.129 e. The summed E-state index contributed by atoms with van der Waals surface area (Å²) in [5.74, 6) is -0.975. The lowest BCUT2D eigenvalue weighted by Crippen LogP contribution is -2.27. The first kappa shape index (κ1) is 14.2. The van der Waals surface area contributed by atoms with Gasteiger partial charge in [-0.2, -0.15) is 0 Å². The third-order valence-corrected chi connectivity index (χ3v) is 3.68. The molecule has 0 aliphatic rings. The Morgan fingerprint density at radius 1 is 1.16 bits per heavy atom. The number of rotatable bonds is 3. The van der Waals surface area contributed by atoms with Crippen LogP contribution >= 0.6 is 15.9 Å². The lowest BCUT2D eigenvalue weighted by Gasteiger charge is -2.28. The van der Waals surface area contributed by atoms with Gasteiger partial charge in [-0.1, -0.05) is 35.0 Å². The average Bonchev–Trinajstić information content (AvgIpc) is 2.40. The van der Waals surface area contributed by atoms with Gasteiger partial charge in [0.15, 0.2) is 0 Å². The first-order valence-corrected chi connectivity index (χ1v) is 6.70. The zero-order valence-electron chi connectivity index (χ0n) is 10.3. The fourth-order valence-electron chi connectivity index (χ4n) is 2.11. The molecule has 0 aliphatic heterocycles. The summed E-state index contributed by atoms with van der Waals surface area (Å²) in [5, 5.41) is 10.8. The molecule has 0 aromatic heterocycles. The first-order chi connectivity index (χ1) is 8.97. The summed E-state index contributed by atoms with van der Waals surface area (Å²) in [6.07, 6.45) is 0.240. The van der Waals surface area contributed by atoms with Gasteiger partial charge < -0.3 is 5.11 Å². The zero-order valence-corrected chi connectivity index (χ0v) is 11.9. The van der Waals surface area contributed by atoms with Gasteiger partial charge >= 0.3 is 0 Å². The minimum absolute atomic E-state index is 0.134. The van der Waals surface area contributed by atoms with Crippen molar-refractivity contribution in [3.05, 3.63) is 69.7 Å². The maximum Gasteiger partial charge on any atom is 0.129 e. The van der Waals surface area contributed by atoms with E-state index in [1.54, 1.807) is 19.1 Å². The molecule has 2 aromatic rings. The Morgan fingerprint density at radius 2 is 1.89 bits per heavy atom. The second-order valence-electron chi connectivity index (χ2n) is 4.35. The van der Waals surface area contributed by atoms with Crippen LogP contribution in [-0.4, -0.2) is 5.11 Å². The van der Waals surface area contributed by atoms with Crippen LogP contribution in [0.5, 0.6) is 0 Å². The second kappa shape index (κ2) is 5.39. The Bertz CT molecular complexity index is 600. The molecular weight excluding hydrogens is 314 g/mol. The molecule has 0 radical (unpaired) electrons. The van der Waals surface area contributed by atoms with Crippen LogP contribution in [0.1, 0.15) is 24.5 Å². The second-order valence-corrected chi connectivity index (χ2v) is 5.26. The third-order valence-electron chi connectivity index (χ3n) is 3.19. The standard InChI is InChI=1S/C15H13BrF2O/c1-2-15(19,10-4-3-5-12(17)8-10)13-9-11(16)6-7-14(13)18/h3-9,19H,2H2,1H3. The molecule has 0 spiro atoms. The van der Waals surface area contributed by atoms with Crippen LogP contribution in [0.3, 0.4) is 0 Å². The van der Waals surface area contributed by atoms with Gasteiger partial charge in [-0.3, -0.25) is 0 Å². The molecule has 0 saturated carbocycles. The van der Waals surface area contributed by atoms with Crippen molar-refractivity contribution >= 4 is 15.9 Å². The normalized spacial score (nSPS) is 14.2. The Kier molecular flexibility index (Phi) is 4.02. The summed E-state index contributed by atoms with van der Waals surface area (Å²) in [5.41, 5.74) is -1.07. The Labute approximate surface area is 119 Å². The number of benzene rings is 2. The van der Waals surface area contributed by atoms with Crippen LogP contribution in [0, 0.1) is 11.6 Å². The Hall–Kier alpha value is -1.26. The van der Waals surface area contributed by atoms with Gasteiger partial charge in [0.1, 0.15) is 17.2 Å². The predicted molar refractivity (Wildman–Crippen MR) is 73.8 cm³/mol. The fourth-order valence-corrected chi connectivity index (χ4v) is 2.47. The van der Waals surface area contributed by atoms with Gasteiger partial charge in [-0.05, 0) is 42.3 Å². The average molecular weight is 327 g/mol. The predicted octanol–water partition coefficient (Wildman–Crippen LogP) is 4.37. The summed E-state index contributed by atoms with van der Waals surface area (Å²) in [6, 6.07) is 9.96. The molecule has 100 valence electrons. The quantitative estimate of drug-likeness (QED) is 0.887. The van der Waals surface area contributed by atoms with Crippen LogP contribution in [0.25, 0.3) is 0 Å². The van der Waals surface area contributed by atoms with Gasteiger partial charge in [0.05, 0.1) is 0 Å². The summed E-state index contributed by atoms with van der Waals surface area (Å²) in [7, 11) is 0. The molecule has 1 atom stereocenters. The van der Waals surface area contributed by atoms with E-state index in [1.165, 1.54) is 30.3 Å². The van der Waals surface area contributed by atoms with E-state index in [4.69, 9.17) is 0 Å². The summed E-state index contributed by atoms with van der Waals surface area (Å²) in [4.78, 5) is 0. The highest BCUT2D eigenvalue weighted by Gasteiger charge is 2.32. The van der Waals surface area contributed by atoms with Crippen molar-refractivity contribution in [3.8, 4) is 0 Å². The highest BCUT2D eigenvalue weighted by molar-refractivity contribution is 9.10. The van der Waals surface area contributed by atoms with E-state index in [-0.39, 0.29) is 12.0 Å². The van der Waals surface area contributed by atoms with Gasteiger partial charge in [0.2, 0.25) is 0 Å². The van der Waals surface area contributed by atoms with Crippen molar-refractivity contribution in [2.75, 3.05) is 0 Å². The van der Waals surface area contributed by atoms with Crippen LogP contribution in [0.2, 0.25) is 0 Å². The summed E-state index contributed by atoms with van der Waals surface area (Å²) < 4.78 is 27.9. The lowest BCUT2D eigenvalue weighted by atomic mass is 9.84. The summed E-state index contributed by atoms with van der Waals surface area (Å²) >= 11 is 3.25. The van der Waals surface area contributed by atoms with E-state index in [9.17, 15) is 13.9 Å². The minimum Gasteiger partial charge on any atom is -0.380 e. The first-order valence-electron chi connectivity index (χ1n) is 5.91. The minimum atomic E-state index is -1.55. The third kappa shape index (κ3) is 2.69.